The average molecular weight is 536 g/mol. The van der Waals surface area contributed by atoms with E-state index in [9.17, 15) is 10.1 Å². The molecule has 39 heavy (non-hydrogen) atoms. The Balaban J connectivity index is 0.00000127. The number of benzene rings is 2. The quantitative estimate of drug-likeness (QED) is 0.196. The van der Waals surface area contributed by atoms with E-state index < -0.39 is 0 Å². The number of ether oxygens (including phenoxy) is 1. The minimum Gasteiger partial charge on any atom is -0.494 e. The number of hydrogen-bond donors (Lipinski definition) is 1. The molecule has 10 nitrogen and oxygen atoms in total. The zero-order chi connectivity index (χ0) is 29.1. The second kappa shape index (κ2) is 14.7. The number of para-hydroxylation sites is 1. The molecule has 0 saturated carbocycles. The summed E-state index contributed by atoms with van der Waals surface area (Å²) < 4.78 is 7.62. The molecule has 2 aromatic carbocycles. The topological polar surface area (TPSA) is 102 Å². The Morgan fingerprint density at radius 1 is 1.05 bits per heavy atom. The third-order valence-corrected chi connectivity index (χ3v) is 5.86. The van der Waals surface area contributed by atoms with Crippen LogP contribution in [0.4, 0.5) is 23.0 Å². The summed E-state index contributed by atoms with van der Waals surface area (Å²) in [5.74, 6) is 0.776. The van der Waals surface area contributed by atoms with Gasteiger partial charge < -0.3 is 24.4 Å². The standard InChI is InChI=1S/C25H29N7O3.2C2H6/c1-29(2)12-13-30(3)22-15-24(35-5)20(14-23(22)32(33)34)28-25-26-11-10-19(27-25)18-16-31(4)21-9-7-6-8-17(18)21;2*1-2/h6-11,14-16H,12-13H2,1-5H3,(H,26,27,28);2*1-2H3. The molecule has 0 radical (unpaired) electrons. The second-order valence-electron chi connectivity index (χ2n) is 8.58. The molecule has 0 fully saturated rings. The molecule has 4 aromatic rings. The summed E-state index contributed by atoms with van der Waals surface area (Å²) in [6.45, 7) is 9.38. The van der Waals surface area contributed by atoms with Crippen LogP contribution in [0.25, 0.3) is 22.2 Å². The van der Waals surface area contributed by atoms with Crippen molar-refractivity contribution in [3.63, 3.8) is 0 Å². The van der Waals surface area contributed by atoms with Crippen molar-refractivity contribution in [2.45, 2.75) is 27.7 Å². The second-order valence-corrected chi connectivity index (χ2v) is 8.58. The van der Waals surface area contributed by atoms with Crippen molar-refractivity contribution in [3.05, 3.63) is 65.0 Å². The highest BCUT2D eigenvalue weighted by Gasteiger charge is 2.22. The number of nitro groups is 1. The lowest BCUT2D eigenvalue weighted by Gasteiger charge is -2.22. The molecule has 210 valence electrons. The fourth-order valence-electron chi connectivity index (χ4n) is 3.98. The lowest BCUT2D eigenvalue weighted by Crippen LogP contribution is -2.28. The molecule has 0 aliphatic carbocycles. The first kappa shape index (κ1) is 31.0. The molecule has 10 heteroatoms. The summed E-state index contributed by atoms with van der Waals surface area (Å²) in [5, 5.41) is 16.1. The Hall–Kier alpha value is -4.18. The number of nitrogens with zero attached hydrogens (tertiary/aromatic N) is 6. The highest BCUT2D eigenvalue weighted by atomic mass is 16.6. The summed E-state index contributed by atoms with van der Waals surface area (Å²) in [6.07, 6.45) is 3.69. The van der Waals surface area contributed by atoms with Gasteiger partial charge in [0, 0.05) is 68.2 Å². The number of aromatic nitrogens is 3. The zero-order valence-electron chi connectivity index (χ0n) is 24.5. The van der Waals surface area contributed by atoms with Crippen molar-refractivity contribution < 1.29 is 9.66 Å². The first-order valence-electron chi connectivity index (χ1n) is 13.1. The first-order valence-corrected chi connectivity index (χ1v) is 13.1. The molecule has 0 saturated heterocycles. The molecule has 0 atom stereocenters. The van der Waals surface area contributed by atoms with E-state index in [2.05, 4.69) is 32.0 Å². The van der Waals surface area contributed by atoms with E-state index >= 15 is 0 Å². The third kappa shape index (κ3) is 7.44. The Morgan fingerprint density at radius 2 is 1.74 bits per heavy atom. The normalized spacial score (nSPS) is 10.3. The molecular weight excluding hydrogens is 494 g/mol. The maximum absolute atomic E-state index is 11.9. The smallest absolute Gasteiger partial charge is 0.294 e. The molecule has 4 rings (SSSR count). The van der Waals surface area contributed by atoms with E-state index in [0.717, 1.165) is 28.7 Å². The van der Waals surface area contributed by atoms with Crippen LogP contribution in [0.15, 0.2) is 54.9 Å². The van der Waals surface area contributed by atoms with Gasteiger partial charge in [0.25, 0.3) is 5.69 Å². The zero-order valence-corrected chi connectivity index (χ0v) is 24.5. The van der Waals surface area contributed by atoms with Crippen LogP contribution >= 0.6 is 0 Å². The number of methoxy groups -OCH3 is 1. The highest BCUT2D eigenvalue weighted by Crippen LogP contribution is 2.39. The molecule has 0 spiro atoms. The van der Waals surface area contributed by atoms with Crippen LogP contribution in [0.5, 0.6) is 5.75 Å². The van der Waals surface area contributed by atoms with E-state index in [4.69, 9.17) is 4.74 Å². The highest BCUT2D eigenvalue weighted by molar-refractivity contribution is 5.95. The number of hydrogen-bond acceptors (Lipinski definition) is 8. The Morgan fingerprint density at radius 3 is 2.38 bits per heavy atom. The van der Waals surface area contributed by atoms with Crippen molar-refractivity contribution >= 4 is 33.9 Å². The Bertz CT molecular complexity index is 1370. The predicted molar refractivity (Wildman–Crippen MR) is 161 cm³/mol. The van der Waals surface area contributed by atoms with Crippen LogP contribution in [0.2, 0.25) is 0 Å². The van der Waals surface area contributed by atoms with Gasteiger partial charge in [0.15, 0.2) is 0 Å². The van der Waals surface area contributed by atoms with Gasteiger partial charge in [-0.2, -0.15) is 0 Å². The first-order chi connectivity index (χ1) is 18.8. The van der Waals surface area contributed by atoms with Crippen LogP contribution in [0.3, 0.4) is 0 Å². The molecule has 2 heterocycles. The number of anilines is 3. The van der Waals surface area contributed by atoms with Crippen LogP contribution in [-0.4, -0.2) is 65.7 Å². The minimum absolute atomic E-state index is 0.0280. The predicted octanol–water partition coefficient (Wildman–Crippen LogP) is 6.35. The van der Waals surface area contributed by atoms with Gasteiger partial charge in [-0.05, 0) is 26.2 Å². The molecule has 1 N–H and O–H groups in total. The molecular formula is C29H41N7O3. The molecule has 0 aliphatic rings. The van der Waals surface area contributed by atoms with Gasteiger partial charge >= 0.3 is 0 Å². The molecule has 0 amide bonds. The van der Waals surface area contributed by atoms with Crippen LogP contribution in [-0.2, 0) is 7.05 Å². The number of aryl methyl sites for hydroxylation is 1. The summed E-state index contributed by atoms with van der Waals surface area (Å²) in [4.78, 5) is 24.4. The fourth-order valence-corrected chi connectivity index (χ4v) is 3.98. The van der Waals surface area contributed by atoms with E-state index in [1.807, 2.05) is 90.1 Å². The summed E-state index contributed by atoms with van der Waals surface area (Å²) >= 11 is 0. The van der Waals surface area contributed by atoms with Crippen molar-refractivity contribution in [2.75, 3.05) is 51.6 Å². The van der Waals surface area contributed by atoms with E-state index in [1.54, 1.807) is 12.3 Å². The average Bonchev–Trinajstić information content (AvgIpc) is 3.30. The maximum atomic E-state index is 11.9. The van der Waals surface area contributed by atoms with E-state index in [1.165, 1.54) is 13.2 Å². The number of nitrogens with one attached hydrogen (secondary N) is 1. The molecule has 0 bridgehead atoms. The molecule has 0 aliphatic heterocycles. The molecule has 2 aromatic heterocycles. The summed E-state index contributed by atoms with van der Waals surface area (Å²) in [5.41, 5.74) is 3.68. The van der Waals surface area contributed by atoms with Crippen molar-refractivity contribution in [3.8, 4) is 17.0 Å². The van der Waals surface area contributed by atoms with Gasteiger partial charge in [0.05, 0.1) is 23.4 Å². The van der Waals surface area contributed by atoms with E-state index in [0.29, 0.717) is 29.6 Å². The fraction of sp³-hybridized carbons (Fsp3) is 0.379. The number of rotatable bonds is 9. The number of likely N-dealkylation sites (N-methyl/N-ethyl adjacent to an activating group) is 2. The van der Waals surface area contributed by atoms with Gasteiger partial charge in [-0.15, -0.1) is 0 Å². The van der Waals surface area contributed by atoms with Crippen LogP contribution in [0, 0.1) is 10.1 Å². The van der Waals surface area contributed by atoms with Gasteiger partial charge in [0.2, 0.25) is 5.95 Å². The van der Waals surface area contributed by atoms with Gasteiger partial charge in [0.1, 0.15) is 11.4 Å². The maximum Gasteiger partial charge on any atom is 0.294 e. The number of nitro benzene ring substituents is 1. The van der Waals surface area contributed by atoms with Crippen LogP contribution in [0.1, 0.15) is 27.7 Å². The van der Waals surface area contributed by atoms with Crippen LogP contribution < -0.4 is 15.0 Å². The van der Waals surface area contributed by atoms with Crippen molar-refractivity contribution in [1.29, 1.82) is 0 Å². The SMILES string of the molecule is CC.CC.COc1cc(N(C)CCN(C)C)c([N+](=O)[O-])cc1Nc1nccc(-c2cn(C)c3ccccc23)n1. The van der Waals surface area contributed by atoms with Gasteiger partial charge in [-0.3, -0.25) is 10.1 Å². The Kier molecular flexibility index (Phi) is 11.7. The van der Waals surface area contributed by atoms with Crippen molar-refractivity contribution in [2.24, 2.45) is 7.05 Å². The third-order valence-electron chi connectivity index (χ3n) is 5.86. The van der Waals surface area contributed by atoms with E-state index in [-0.39, 0.29) is 10.6 Å². The number of fused-ring (bicyclic) bond motifs is 1. The lowest BCUT2D eigenvalue weighted by atomic mass is 10.1. The van der Waals surface area contributed by atoms with Crippen molar-refractivity contribution in [1.82, 2.24) is 19.4 Å². The monoisotopic (exact) mass is 535 g/mol. The van der Waals surface area contributed by atoms with Gasteiger partial charge in [-0.1, -0.05) is 45.9 Å². The minimum atomic E-state index is -0.389. The summed E-state index contributed by atoms with van der Waals surface area (Å²) in [6, 6.07) is 13.1. The van der Waals surface area contributed by atoms with Gasteiger partial charge in [-0.25, -0.2) is 9.97 Å². The molecule has 0 unspecified atom stereocenters. The largest absolute Gasteiger partial charge is 0.494 e. The Labute approximate surface area is 231 Å². The summed E-state index contributed by atoms with van der Waals surface area (Å²) in [7, 11) is 9.27. The lowest BCUT2D eigenvalue weighted by molar-refractivity contribution is -0.384.